The third-order valence-corrected chi connectivity index (χ3v) is 3.18. The fourth-order valence-corrected chi connectivity index (χ4v) is 2.35. The summed E-state index contributed by atoms with van der Waals surface area (Å²) in [5.74, 6) is 0. The Hall–Kier alpha value is 0.0500. The van der Waals surface area contributed by atoms with Gasteiger partial charge in [0.1, 0.15) is 0 Å². The van der Waals surface area contributed by atoms with Crippen molar-refractivity contribution in [3.05, 3.63) is 33.8 Å². The molecule has 1 aromatic carbocycles. The average molecular weight is 229 g/mol. The fraction of sp³-hybridized carbons (Fsp3) is 0.333. The van der Waals surface area contributed by atoms with Crippen LogP contribution in [0.15, 0.2) is 22.7 Å². The Morgan fingerprint density at radius 1 is 1.45 bits per heavy atom. The maximum Gasteiger partial charge on any atom is 0.0273 e. The van der Waals surface area contributed by atoms with Crippen LogP contribution in [0, 0.1) is 0 Å². The van der Waals surface area contributed by atoms with Gasteiger partial charge in [-0.25, -0.2) is 0 Å². The zero-order chi connectivity index (χ0) is 7.84. The number of rotatable bonds is 0. The zero-order valence-corrected chi connectivity index (χ0v) is 8.53. The van der Waals surface area contributed by atoms with Gasteiger partial charge in [0.2, 0.25) is 0 Å². The molecule has 1 unspecified atom stereocenters. The van der Waals surface area contributed by atoms with Gasteiger partial charge in [-0.3, -0.25) is 0 Å². The molecule has 1 aromatic rings. The quantitative estimate of drug-likeness (QED) is 0.648. The highest BCUT2D eigenvalue weighted by Gasteiger charge is 2.18. The SMILES string of the molecule is SC1CCc2cc(Br)ccc21. The predicted molar refractivity (Wildman–Crippen MR) is 54.2 cm³/mol. The molecular weight excluding hydrogens is 220 g/mol. The van der Waals surface area contributed by atoms with E-state index in [0.29, 0.717) is 5.25 Å². The van der Waals surface area contributed by atoms with Crippen LogP contribution in [0.2, 0.25) is 0 Å². The van der Waals surface area contributed by atoms with Gasteiger partial charge in [0.15, 0.2) is 0 Å². The Morgan fingerprint density at radius 3 is 3.09 bits per heavy atom. The second-order valence-electron chi connectivity index (χ2n) is 2.90. The lowest BCUT2D eigenvalue weighted by Crippen LogP contribution is -1.82. The van der Waals surface area contributed by atoms with Crippen LogP contribution in [0.3, 0.4) is 0 Å². The normalized spacial score (nSPS) is 21.8. The molecule has 0 nitrogen and oxygen atoms in total. The maximum atomic E-state index is 4.49. The van der Waals surface area contributed by atoms with E-state index in [2.05, 4.69) is 46.8 Å². The molecule has 0 fully saturated rings. The van der Waals surface area contributed by atoms with E-state index in [1.54, 1.807) is 0 Å². The first-order valence-electron chi connectivity index (χ1n) is 3.74. The van der Waals surface area contributed by atoms with Gasteiger partial charge in [-0.2, -0.15) is 12.6 Å². The highest BCUT2D eigenvalue weighted by atomic mass is 79.9. The van der Waals surface area contributed by atoms with Crippen LogP contribution in [0.1, 0.15) is 22.8 Å². The summed E-state index contributed by atoms with van der Waals surface area (Å²) < 4.78 is 1.18. The van der Waals surface area contributed by atoms with Crippen molar-refractivity contribution in [1.29, 1.82) is 0 Å². The second kappa shape index (κ2) is 2.83. The summed E-state index contributed by atoms with van der Waals surface area (Å²) in [7, 11) is 0. The standard InChI is InChI=1S/C9H9BrS/c10-7-2-3-8-6(5-7)1-4-9(8)11/h2-3,5,9,11H,1,4H2. The predicted octanol–water partition coefficient (Wildman–Crippen LogP) is 3.37. The molecule has 1 atom stereocenters. The van der Waals surface area contributed by atoms with Gasteiger partial charge >= 0.3 is 0 Å². The Morgan fingerprint density at radius 2 is 2.27 bits per heavy atom. The smallest absolute Gasteiger partial charge is 0.0273 e. The summed E-state index contributed by atoms with van der Waals surface area (Å²) in [6, 6.07) is 6.46. The highest BCUT2D eigenvalue weighted by molar-refractivity contribution is 9.10. The van der Waals surface area contributed by atoms with Crippen molar-refractivity contribution in [2.24, 2.45) is 0 Å². The number of benzene rings is 1. The number of fused-ring (bicyclic) bond motifs is 1. The summed E-state index contributed by atoms with van der Waals surface area (Å²) in [6.07, 6.45) is 2.37. The molecule has 0 amide bonds. The van der Waals surface area contributed by atoms with Crippen LogP contribution in [-0.2, 0) is 6.42 Å². The van der Waals surface area contributed by atoms with Crippen molar-refractivity contribution in [2.75, 3.05) is 0 Å². The van der Waals surface area contributed by atoms with Crippen molar-refractivity contribution in [1.82, 2.24) is 0 Å². The first-order valence-corrected chi connectivity index (χ1v) is 5.05. The summed E-state index contributed by atoms with van der Waals surface area (Å²) in [6.45, 7) is 0. The van der Waals surface area contributed by atoms with Crippen LogP contribution < -0.4 is 0 Å². The van der Waals surface area contributed by atoms with E-state index >= 15 is 0 Å². The van der Waals surface area contributed by atoms with Crippen LogP contribution in [0.25, 0.3) is 0 Å². The first kappa shape index (κ1) is 7.69. The van der Waals surface area contributed by atoms with Crippen molar-refractivity contribution in [3.8, 4) is 0 Å². The van der Waals surface area contributed by atoms with Gasteiger partial charge in [-0.05, 0) is 36.1 Å². The van der Waals surface area contributed by atoms with Crippen LogP contribution in [-0.4, -0.2) is 0 Å². The van der Waals surface area contributed by atoms with E-state index in [0.717, 1.165) is 0 Å². The number of thiol groups is 1. The average Bonchev–Trinajstić information content (AvgIpc) is 2.32. The number of hydrogen-bond acceptors (Lipinski definition) is 1. The maximum absolute atomic E-state index is 4.49. The Bertz CT molecular complexity index is 283. The third kappa shape index (κ3) is 1.34. The Kier molecular flexibility index (Phi) is 1.98. The van der Waals surface area contributed by atoms with Crippen LogP contribution >= 0.6 is 28.6 Å². The van der Waals surface area contributed by atoms with Crippen molar-refractivity contribution < 1.29 is 0 Å². The molecule has 58 valence electrons. The molecule has 0 saturated carbocycles. The fourth-order valence-electron chi connectivity index (χ4n) is 1.56. The molecule has 0 radical (unpaired) electrons. The minimum absolute atomic E-state index is 0.470. The number of hydrogen-bond donors (Lipinski definition) is 1. The van der Waals surface area contributed by atoms with E-state index in [9.17, 15) is 0 Å². The van der Waals surface area contributed by atoms with E-state index in [1.165, 1.54) is 28.4 Å². The minimum atomic E-state index is 0.470. The summed E-state index contributed by atoms with van der Waals surface area (Å²) in [5, 5.41) is 0.470. The Balaban J connectivity index is 2.50. The number of halogens is 1. The van der Waals surface area contributed by atoms with Gasteiger partial charge in [0, 0.05) is 9.72 Å². The summed E-state index contributed by atoms with van der Waals surface area (Å²) in [5.41, 5.74) is 2.87. The lowest BCUT2D eigenvalue weighted by atomic mass is 10.1. The summed E-state index contributed by atoms with van der Waals surface area (Å²) >= 11 is 7.95. The molecule has 0 heterocycles. The monoisotopic (exact) mass is 228 g/mol. The molecule has 11 heavy (non-hydrogen) atoms. The zero-order valence-electron chi connectivity index (χ0n) is 6.05. The molecule has 0 aromatic heterocycles. The van der Waals surface area contributed by atoms with Gasteiger partial charge in [-0.1, -0.05) is 22.0 Å². The van der Waals surface area contributed by atoms with Gasteiger partial charge < -0.3 is 0 Å². The number of aryl methyl sites for hydroxylation is 1. The van der Waals surface area contributed by atoms with Crippen LogP contribution in [0.4, 0.5) is 0 Å². The molecule has 1 aliphatic carbocycles. The molecule has 0 bridgehead atoms. The lowest BCUT2D eigenvalue weighted by Gasteiger charge is -2.02. The van der Waals surface area contributed by atoms with E-state index in [-0.39, 0.29) is 0 Å². The first-order chi connectivity index (χ1) is 5.27. The molecule has 1 aliphatic rings. The molecular formula is C9H9BrS. The van der Waals surface area contributed by atoms with Gasteiger partial charge in [-0.15, -0.1) is 0 Å². The Labute approximate surface area is 80.5 Å². The molecule has 0 spiro atoms. The van der Waals surface area contributed by atoms with E-state index in [1.807, 2.05) is 0 Å². The van der Waals surface area contributed by atoms with Gasteiger partial charge in [0.25, 0.3) is 0 Å². The van der Waals surface area contributed by atoms with Crippen LogP contribution in [0.5, 0.6) is 0 Å². The molecule has 2 rings (SSSR count). The largest absolute Gasteiger partial charge is 0.171 e. The molecule has 0 saturated heterocycles. The van der Waals surface area contributed by atoms with Crippen molar-refractivity contribution >= 4 is 28.6 Å². The summed E-state index contributed by atoms with van der Waals surface area (Å²) in [4.78, 5) is 0. The highest BCUT2D eigenvalue weighted by Crippen LogP contribution is 2.36. The van der Waals surface area contributed by atoms with E-state index in [4.69, 9.17) is 0 Å². The van der Waals surface area contributed by atoms with Gasteiger partial charge in [0.05, 0.1) is 0 Å². The molecule has 0 aliphatic heterocycles. The van der Waals surface area contributed by atoms with Crippen molar-refractivity contribution in [3.63, 3.8) is 0 Å². The lowest BCUT2D eigenvalue weighted by molar-refractivity contribution is 0.897. The van der Waals surface area contributed by atoms with Crippen molar-refractivity contribution in [2.45, 2.75) is 18.1 Å². The topological polar surface area (TPSA) is 0 Å². The minimum Gasteiger partial charge on any atom is -0.171 e. The second-order valence-corrected chi connectivity index (χ2v) is 4.44. The third-order valence-electron chi connectivity index (χ3n) is 2.15. The molecule has 2 heteroatoms. The van der Waals surface area contributed by atoms with E-state index < -0.39 is 0 Å². The molecule has 0 N–H and O–H groups in total.